The molecule has 1 aliphatic heterocycles. The average Bonchev–Trinajstić information content (AvgIpc) is 2.91. The quantitative estimate of drug-likeness (QED) is 0.267. The van der Waals surface area contributed by atoms with Crippen LogP contribution in [0.2, 0.25) is 0 Å². The summed E-state index contributed by atoms with van der Waals surface area (Å²) in [5, 5.41) is 50.3. The second kappa shape index (κ2) is 13.3. The second-order valence-corrected chi connectivity index (χ2v) is 11.0. The predicted molar refractivity (Wildman–Crippen MR) is 151 cm³/mol. The number of carboxylic acid groups (broad SMARTS) is 1. The standard InChI is InChI=1S/C30H43NO10/c1-14(2)19-12-21(32)15(3)11-22(19)39-10-9-31(7)13-20-18(6)26(16(4)17(5)27(20)38-8)40-30-25(35)23(33)24(34)28(41-30)29(36)37/h11-12,14,23-25,28,30,32-35H,9-10,13H2,1-8H3,(H,36,37)/t23-,24-,25+,28-,30+/m0/s1. The Labute approximate surface area is 240 Å². The number of ether oxygens (including phenoxy) is 4. The van der Waals surface area contributed by atoms with Gasteiger partial charge in [-0.25, -0.2) is 4.79 Å². The summed E-state index contributed by atoms with van der Waals surface area (Å²) in [6.07, 6.45) is -8.55. The number of aliphatic carboxylic acids is 1. The molecule has 11 nitrogen and oxygen atoms in total. The van der Waals surface area contributed by atoms with Crippen LogP contribution >= 0.6 is 0 Å². The van der Waals surface area contributed by atoms with Gasteiger partial charge in [-0.05, 0) is 75.0 Å². The van der Waals surface area contributed by atoms with E-state index >= 15 is 0 Å². The van der Waals surface area contributed by atoms with Crippen LogP contribution in [0.3, 0.4) is 0 Å². The summed E-state index contributed by atoms with van der Waals surface area (Å²) < 4.78 is 23.2. The van der Waals surface area contributed by atoms with Gasteiger partial charge in [-0.15, -0.1) is 0 Å². The van der Waals surface area contributed by atoms with Gasteiger partial charge in [0.05, 0.1) is 7.11 Å². The fourth-order valence-corrected chi connectivity index (χ4v) is 4.99. The van der Waals surface area contributed by atoms with Gasteiger partial charge in [0.25, 0.3) is 0 Å². The van der Waals surface area contributed by atoms with E-state index in [1.807, 2.05) is 54.7 Å². The number of phenolic OH excluding ortho intramolecular Hbond substituents is 1. The van der Waals surface area contributed by atoms with Crippen LogP contribution in [0, 0.1) is 27.7 Å². The SMILES string of the molecule is COc1c(C)c(C)c(O[C@@H]2O[C@H](C(=O)O)[C@@H](O)[C@H](O)[C@H]2O)c(C)c1CN(C)CCOc1cc(C)c(O)cc1C(C)C. The number of hydrogen-bond acceptors (Lipinski definition) is 10. The topological polar surface area (TPSA) is 158 Å². The lowest BCUT2D eigenvalue weighted by Gasteiger charge is -2.39. The first-order valence-corrected chi connectivity index (χ1v) is 13.6. The molecule has 1 aliphatic rings. The molecular weight excluding hydrogens is 534 g/mol. The molecule has 5 atom stereocenters. The molecular formula is C30H43NO10. The summed E-state index contributed by atoms with van der Waals surface area (Å²) in [6, 6.07) is 3.59. The van der Waals surface area contributed by atoms with Gasteiger partial charge in [0.2, 0.25) is 6.29 Å². The molecule has 228 valence electrons. The van der Waals surface area contributed by atoms with Gasteiger partial charge in [0, 0.05) is 24.2 Å². The number of likely N-dealkylation sites (N-methyl/N-ethyl adjacent to an activating group) is 1. The Morgan fingerprint density at radius 1 is 1.00 bits per heavy atom. The van der Waals surface area contributed by atoms with Crippen LogP contribution in [0.1, 0.15) is 53.1 Å². The van der Waals surface area contributed by atoms with E-state index < -0.39 is 36.7 Å². The molecule has 0 unspecified atom stereocenters. The number of carboxylic acids is 1. The summed E-state index contributed by atoms with van der Waals surface area (Å²) in [6.45, 7) is 12.8. The highest BCUT2D eigenvalue weighted by atomic mass is 16.7. The van der Waals surface area contributed by atoms with E-state index in [0.717, 1.165) is 28.0 Å². The molecule has 0 amide bonds. The molecule has 1 heterocycles. The molecule has 0 spiro atoms. The van der Waals surface area contributed by atoms with Crippen molar-refractivity contribution in [1.29, 1.82) is 0 Å². The van der Waals surface area contributed by atoms with Crippen LogP contribution in [-0.4, -0.2) is 94.4 Å². The van der Waals surface area contributed by atoms with Crippen molar-refractivity contribution in [2.24, 2.45) is 0 Å². The highest BCUT2D eigenvalue weighted by Crippen LogP contribution is 2.40. The number of aromatic hydroxyl groups is 1. The normalized spacial score (nSPS) is 22.7. The van der Waals surface area contributed by atoms with Gasteiger partial charge in [-0.3, -0.25) is 4.90 Å². The zero-order chi connectivity index (χ0) is 30.8. The minimum Gasteiger partial charge on any atom is -0.508 e. The van der Waals surface area contributed by atoms with E-state index in [1.165, 1.54) is 0 Å². The molecule has 0 radical (unpaired) electrons. The lowest BCUT2D eigenvalue weighted by Crippen LogP contribution is -2.61. The van der Waals surface area contributed by atoms with Crippen molar-refractivity contribution in [3.63, 3.8) is 0 Å². The van der Waals surface area contributed by atoms with E-state index in [2.05, 4.69) is 4.90 Å². The van der Waals surface area contributed by atoms with Crippen molar-refractivity contribution >= 4 is 5.97 Å². The highest BCUT2D eigenvalue weighted by molar-refractivity contribution is 5.73. The molecule has 2 aromatic rings. The Morgan fingerprint density at radius 2 is 1.63 bits per heavy atom. The Balaban J connectivity index is 1.82. The number of aliphatic hydroxyl groups excluding tert-OH is 3. The minimum absolute atomic E-state index is 0.178. The summed E-state index contributed by atoms with van der Waals surface area (Å²) in [7, 11) is 3.52. The third kappa shape index (κ3) is 6.87. The Kier molecular flexibility index (Phi) is 10.5. The fraction of sp³-hybridized carbons (Fsp3) is 0.567. The first-order valence-electron chi connectivity index (χ1n) is 13.6. The van der Waals surface area contributed by atoms with E-state index in [4.69, 9.17) is 18.9 Å². The minimum atomic E-state index is -1.81. The van der Waals surface area contributed by atoms with E-state index in [9.17, 15) is 30.3 Å². The molecule has 0 aromatic heterocycles. The van der Waals surface area contributed by atoms with Crippen LogP contribution in [0.25, 0.3) is 0 Å². The third-order valence-corrected chi connectivity index (χ3v) is 7.67. The molecule has 11 heteroatoms. The maximum Gasteiger partial charge on any atom is 0.335 e. The summed E-state index contributed by atoms with van der Waals surface area (Å²) in [4.78, 5) is 13.6. The molecule has 1 fully saturated rings. The van der Waals surface area contributed by atoms with Gasteiger partial charge in [0.1, 0.15) is 47.9 Å². The van der Waals surface area contributed by atoms with Gasteiger partial charge in [-0.2, -0.15) is 0 Å². The monoisotopic (exact) mass is 577 g/mol. The van der Waals surface area contributed by atoms with Crippen LogP contribution in [0.5, 0.6) is 23.0 Å². The first-order chi connectivity index (χ1) is 19.2. The number of aliphatic hydroxyl groups is 3. The zero-order valence-corrected chi connectivity index (χ0v) is 25.0. The van der Waals surface area contributed by atoms with Gasteiger partial charge in [-0.1, -0.05) is 13.8 Å². The smallest absolute Gasteiger partial charge is 0.335 e. The Bertz CT molecular complexity index is 1250. The molecule has 5 N–H and O–H groups in total. The molecule has 2 aromatic carbocycles. The van der Waals surface area contributed by atoms with Crippen molar-refractivity contribution in [2.75, 3.05) is 27.3 Å². The largest absolute Gasteiger partial charge is 0.508 e. The first kappa shape index (κ1) is 32.4. The number of rotatable bonds is 11. The summed E-state index contributed by atoms with van der Waals surface area (Å²) >= 11 is 0. The number of carbonyl (C=O) groups is 1. The van der Waals surface area contributed by atoms with Crippen LogP contribution in [0.15, 0.2) is 12.1 Å². The maximum atomic E-state index is 11.5. The summed E-state index contributed by atoms with van der Waals surface area (Å²) in [5.74, 6) is 0.697. The van der Waals surface area contributed by atoms with Gasteiger partial charge < -0.3 is 44.5 Å². The molecule has 0 aliphatic carbocycles. The zero-order valence-electron chi connectivity index (χ0n) is 25.0. The molecule has 41 heavy (non-hydrogen) atoms. The lowest BCUT2D eigenvalue weighted by molar-refractivity contribution is -0.271. The highest BCUT2D eigenvalue weighted by Gasteiger charge is 2.48. The van der Waals surface area contributed by atoms with Crippen molar-refractivity contribution in [3.8, 4) is 23.0 Å². The molecule has 3 rings (SSSR count). The van der Waals surface area contributed by atoms with Crippen LogP contribution < -0.4 is 14.2 Å². The van der Waals surface area contributed by atoms with E-state index in [-0.39, 0.29) is 11.7 Å². The number of nitrogens with zero attached hydrogens (tertiary/aromatic N) is 1. The van der Waals surface area contributed by atoms with Crippen LogP contribution in [-0.2, 0) is 16.1 Å². The third-order valence-electron chi connectivity index (χ3n) is 7.67. The molecule has 1 saturated heterocycles. The average molecular weight is 578 g/mol. The maximum absolute atomic E-state index is 11.5. The van der Waals surface area contributed by atoms with Crippen molar-refractivity contribution in [1.82, 2.24) is 4.90 Å². The number of phenols is 1. The molecule has 0 bridgehead atoms. The van der Waals surface area contributed by atoms with Crippen molar-refractivity contribution in [3.05, 3.63) is 45.5 Å². The van der Waals surface area contributed by atoms with Crippen molar-refractivity contribution < 1.29 is 49.3 Å². The number of aryl methyl sites for hydroxylation is 1. The second-order valence-electron chi connectivity index (χ2n) is 11.0. The number of hydrogen-bond donors (Lipinski definition) is 5. The fourth-order valence-electron chi connectivity index (χ4n) is 4.99. The molecule has 0 saturated carbocycles. The lowest BCUT2D eigenvalue weighted by atomic mass is 9.96. The van der Waals surface area contributed by atoms with Gasteiger partial charge >= 0.3 is 5.97 Å². The number of methoxy groups -OCH3 is 1. The Morgan fingerprint density at radius 3 is 2.22 bits per heavy atom. The van der Waals surface area contributed by atoms with E-state index in [1.54, 1.807) is 13.2 Å². The van der Waals surface area contributed by atoms with Crippen molar-refractivity contribution in [2.45, 2.75) is 84.7 Å². The van der Waals surface area contributed by atoms with Gasteiger partial charge in [0.15, 0.2) is 6.10 Å². The Hall–Kier alpha value is -3.09. The number of benzene rings is 2. The summed E-state index contributed by atoms with van der Waals surface area (Å²) in [5.41, 5.74) is 4.66. The van der Waals surface area contributed by atoms with E-state index in [0.29, 0.717) is 42.3 Å². The van der Waals surface area contributed by atoms with Crippen LogP contribution in [0.4, 0.5) is 0 Å². The predicted octanol–water partition coefficient (Wildman–Crippen LogP) is 2.54.